The van der Waals surface area contributed by atoms with E-state index in [4.69, 9.17) is 5.11 Å². The van der Waals surface area contributed by atoms with E-state index < -0.39 is 5.97 Å². The minimum absolute atomic E-state index is 0.153. The van der Waals surface area contributed by atoms with Crippen LogP contribution in [0.1, 0.15) is 16.3 Å². The lowest BCUT2D eigenvalue weighted by Gasteiger charge is -2.26. The summed E-state index contributed by atoms with van der Waals surface area (Å²) in [4.78, 5) is 19.7. The van der Waals surface area contributed by atoms with Crippen molar-refractivity contribution in [3.8, 4) is 0 Å². The zero-order valence-electron chi connectivity index (χ0n) is 8.36. The van der Waals surface area contributed by atoms with Crippen molar-refractivity contribution in [2.45, 2.75) is 6.54 Å². The van der Waals surface area contributed by atoms with Gasteiger partial charge in [0.25, 0.3) is 0 Å². The summed E-state index contributed by atoms with van der Waals surface area (Å²) >= 11 is 0. The minimum Gasteiger partial charge on any atom is -0.477 e. The Kier molecular flexibility index (Phi) is 2.98. The summed E-state index contributed by atoms with van der Waals surface area (Å²) in [7, 11) is 0. The highest BCUT2D eigenvalue weighted by molar-refractivity contribution is 5.84. The van der Waals surface area contributed by atoms with E-state index in [1.807, 2.05) is 0 Å². The molecule has 1 saturated heterocycles. The monoisotopic (exact) mass is 210 g/mol. The molecule has 0 saturated carbocycles. The fourth-order valence-corrected chi connectivity index (χ4v) is 1.63. The number of piperazine rings is 1. The summed E-state index contributed by atoms with van der Waals surface area (Å²) in [5.74, 6) is -0.247. The number of hydrogen-bond donors (Lipinski definition) is 3. The molecule has 0 unspecified atom stereocenters. The van der Waals surface area contributed by atoms with E-state index in [9.17, 15) is 4.79 Å². The van der Waals surface area contributed by atoms with Crippen molar-refractivity contribution in [2.75, 3.05) is 26.2 Å². The first-order valence-corrected chi connectivity index (χ1v) is 4.96. The van der Waals surface area contributed by atoms with Gasteiger partial charge in [-0.1, -0.05) is 0 Å². The lowest BCUT2D eigenvalue weighted by atomic mass is 10.3. The van der Waals surface area contributed by atoms with Gasteiger partial charge in [-0.3, -0.25) is 4.90 Å². The summed E-state index contributed by atoms with van der Waals surface area (Å²) in [6, 6.07) is 0. The Labute approximate surface area is 87.3 Å². The molecular formula is C9H14N4O2. The van der Waals surface area contributed by atoms with Crippen LogP contribution < -0.4 is 5.32 Å². The van der Waals surface area contributed by atoms with Gasteiger partial charge in [0.2, 0.25) is 0 Å². The van der Waals surface area contributed by atoms with Crippen LogP contribution in [0, 0.1) is 0 Å². The maximum Gasteiger partial charge on any atom is 0.353 e. The van der Waals surface area contributed by atoms with Crippen molar-refractivity contribution in [1.82, 2.24) is 20.2 Å². The second kappa shape index (κ2) is 4.41. The molecule has 0 bridgehead atoms. The van der Waals surface area contributed by atoms with Crippen LogP contribution in [-0.2, 0) is 6.54 Å². The number of carboxylic acid groups (broad SMARTS) is 1. The third kappa shape index (κ3) is 2.54. The molecule has 0 aromatic carbocycles. The van der Waals surface area contributed by atoms with Gasteiger partial charge in [-0.2, -0.15) is 0 Å². The fourth-order valence-electron chi connectivity index (χ4n) is 1.63. The van der Waals surface area contributed by atoms with Gasteiger partial charge in [0.15, 0.2) is 0 Å². The smallest absolute Gasteiger partial charge is 0.353 e. The van der Waals surface area contributed by atoms with Gasteiger partial charge in [0.1, 0.15) is 11.5 Å². The molecule has 1 aliphatic rings. The average Bonchev–Trinajstić information content (AvgIpc) is 2.68. The van der Waals surface area contributed by atoms with E-state index in [0.29, 0.717) is 12.4 Å². The third-order valence-corrected chi connectivity index (χ3v) is 2.44. The van der Waals surface area contributed by atoms with Gasteiger partial charge in [0, 0.05) is 26.2 Å². The number of aromatic carboxylic acids is 1. The Balaban J connectivity index is 1.94. The Morgan fingerprint density at radius 3 is 2.87 bits per heavy atom. The topological polar surface area (TPSA) is 81.2 Å². The first kappa shape index (κ1) is 10.1. The lowest BCUT2D eigenvalue weighted by molar-refractivity contribution is 0.0690. The molecule has 1 fully saturated rings. The van der Waals surface area contributed by atoms with Crippen molar-refractivity contribution in [3.05, 3.63) is 17.7 Å². The van der Waals surface area contributed by atoms with E-state index in [2.05, 4.69) is 20.2 Å². The molecule has 15 heavy (non-hydrogen) atoms. The molecule has 0 atom stereocenters. The molecule has 0 radical (unpaired) electrons. The number of hydrogen-bond acceptors (Lipinski definition) is 4. The summed E-state index contributed by atoms with van der Waals surface area (Å²) in [5, 5.41) is 12.0. The number of H-pyrrole nitrogens is 1. The SMILES string of the molecule is O=C(O)c1cnc(CN2CCNCC2)[nH]1. The second-order valence-electron chi connectivity index (χ2n) is 3.57. The molecule has 0 aliphatic carbocycles. The zero-order chi connectivity index (χ0) is 10.7. The van der Waals surface area contributed by atoms with Crippen molar-refractivity contribution in [3.63, 3.8) is 0 Å². The predicted octanol–water partition coefficient (Wildman–Crippen LogP) is -0.487. The predicted molar refractivity (Wildman–Crippen MR) is 53.7 cm³/mol. The summed E-state index contributed by atoms with van der Waals surface area (Å²) in [6.45, 7) is 4.60. The summed E-state index contributed by atoms with van der Waals surface area (Å²) in [6.07, 6.45) is 1.36. The maximum absolute atomic E-state index is 10.6. The number of nitrogens with one attached hydrogen (secondary N) is 2. The molecule has 82 valence electrons. The largest absolute Gasteiger partial charge is 0.477 e. The van der Waals surface area contributed by atoms with Crippen molar-refractivity contribution >= 4 is 5.97 Å². The molecule has 0 spiro atoms. The molecular weight excluding hydrogens is 196 g/mol. The number of imidazole rings is 1. The minimum atomic E-state index is -0.964. The second-order valence-corrected chi connectivity index (χ2v) is 3.57. The van der Waals surface area contributed by atoms with Gasteiger partial charge in [0.05, 0.1) is 12.7 Å². The number of aromatic amines is 1. The van der Waals surface area contributed by atoms with E-state index in [-0.39, 0.29) is 5.69 Å². The maximum atomic E-state index is 10.6. The average molecular weight is 210 g/mol. The molecule has 6 heteroatoms. The highest BCUT2D eigenvalue weighted by Crippen LogP contribution is 2.02. The van der Waals surface area contributed by atoms with Gasteiger partial charge < -0.3 is 15.4 Å². The van der Waals surface area contributed by atoms with Crippen molar-refractivity contribution in [2.24, 2.45) is 0 Å². The van der Waals surface area contributed by atoms with E-state index in [1.165, 1.54) is 6.20 Å². The molecule has 2 heterocycles. The Hall–Kier alpha value is -1.40. The highest BCUT2D eigenvalue weighted by atomic mass is 16.4. The molecule has 6 nitrogen and oxygen atoms in total. The van der Waals surface area contributed by atoms with Crippen LogP contribution in [0.4, 0.5) is 0 Å². The molecule has 1 aliphatic heterocycles. The van der Waals surface area contributed by atoms with Gasteiger partial charge in [-0.05, 0) is 0 Å². The van der Waals surface area contributed by atoms with Crippen LogP contribution >= 0.6 is 0 Å². The Bertz CT molecular complexity index is 344. The molecule has 0 amide bonds. The first-order valence-electron chi connectivity index (χ1n) is 4.96. The van der Waals surface area contributed by atoms with E-state index >= 15 is 0 Å². The number of rotatable bonds is 3. The summed E-state index contributed by atoms with van der Waals surface area (Å²) in [5.41, 5.74) is 0.153. The van der Waals surface area contributed by atoms with E-state index in [1.54, 1.807) is 0 Å². The van der Waals surface area contributed by atoms with Crippen LogP contribution in [0.15, 0.2) is 6.20 Å². The van der Waals surface area contributed by atoms with Crippen molar-refractivity contribution in [1.29, 1.82) is 0 Å². The first-order chi connectivity index (χ1) is 7.25. The van der Waals surface area contributed by atoms with Crippen LogP contribution in [0.2, 0.25) is 0 Å². The quantitative estimate of drug-likeness (QED) is 0.627. The standard InChI is InChI=1S/C9H14N4O2/c14-9(15)7-5-11-8(12-7)6-13-3-1-10-2-4-13/h5,10H,1-4,6H2,(H,11,12)(H,14,15). The third-order valence-electron chi connectivity index (χ3n) is 2.44. The number of carboxylic acids is 1. The van der Waals surface area contributed by atoms with Crippen LogP contribution in [0.25, 0.3) is 0 Å². The fraction of sp³-hybridized carbons (Fsp3) is 0.556. The summed E-state index contributed by atoms with van der Waals surface area (Å²) < 4.78 is 0. The van der Waals surface area contributed by atoms with E-state index in [0.717, 1.165) is 26.2 Å². The highest BCUT2D eigenvalue weighted by Gasteiger charge is 2.13. The van der Waals surface area contributed by atoms with Gasteiger partial charge in [-0.25, -0.2) is 9.78 Å². The van der Waals surface area contributed by atoms with Crippen LogP contribution in [0.5, 0.6) is 0 Å². The van der Waals surface area contributed by atoms with Gasteiger partial charge in [-0.15, -0.1) is 0 Å². The number of carbonyl (C=O) groups is 1. The van der Waals surface area contributed by atoms with Crippen LogP contribution in [0.3, 0.4) is 0 Å². The van der Waals surface area contributed by atoms with Crippen LogP contribution in [-0.4, -0.2) is 52.1 Å². The normalized spacial score (nSPS) is 17.9. The van der Waals surface area contributed by atoms with Gasteiger partial charge >= 0.3 is 5.97 Å². The Morgan fingerprint density at radius 1 is 1.53 bits per heavy atom. The lowest BCUT2D eigenvalue weighted by Crippen LogP contribution is -2.43. The molecule has 1 aromatic heterocycles. The Morgan fingerprint density at radius 2 is 2.27 bits per heavy atom. The molecule has 2 rings (SSSR count). The van der Waals surface area contributed by atoms with Crippen molar-refractivity contribution < 1.29 is 9.90 Å². The number of aromatic nitrogens is 2. The molecule has 3 N–H and O–H groups in total. The zero-order valence-corrected chi connectivity index (χ0v) is 8.36. The molecule has 1 aromatic rings. The number of nitrogens with zero attached hydrogens (tertiary/aromatic N) is 2.